The van der Waals surface area contributed by atoms with Crippen LogP contribution in [0.1, 0.15) is 27.2 Å². The first-order valence-corrected chi connectivity index (χ1v) is 3.98. The number of ether oxygens (including phenoxy) is 1. The number of alkyl halides is 1. The molecule has 0 heterocycles. The van der Waals surface area contributed by atoms with Gasteiger partial charge in [0.25, 0.3) is 0 Å². The van der Waals surface area contributed by atoms with Gasteiger partial charge in [-0.05, 0) is 20.8 Å². The molecule has 2 N–H and O–H groups in total. The van der Waals surface area contributed by atoms with Gasteiger partial charge in [-0.1, -0.05) is 0 Å². The number of hydrogen-bond donors (Lipinski definition) is 1. The van der Waals surface area contributed by atoms with Gasteiger partial charge in [-0.15, -0.1) is 12.4 Å². The topological polar surface area (TPSA) is 52.3 Å². The summed E-state index contributed by atoms with van der Waals surface area (Å²) in [5.41, 5.74) is 3.95. The summed E-state index contributed by atoms with van der Waals surface area (Å²) in [5, 5.41) is 0. The van der Waals surface area contributed by atoms with Gasteiger partial charge < -0.3 is 10.5 Å². The molecular formula is C8H17ClFNO2. The summed E-state index contributed by atoms with van der Waals surface area (Å²) < 4.78 is 17.6. The lowest BCUT2D eigenvalue weighted by atomic mass is 10.0. The van der Waals surface area contributed by atoms with Crippen LogP contribution in [0.2, 0.25) is 0 Å². The first kappa shape index (κ1) is 15.1. The number of carbonyl (C=O) groups is 1. The minimum absolute atomic E-state index is 0. The average molecular weight is 214 g/mol. The van der Waals surface area contributed by atoms with Crippen molar-refractivity contribution in [1.82, 2.24) is 0 Å². The monoisotopic (exact) mass is 213 g/mol. The number of halogens is 2. The quantitative estimate of drug-likeness (QED) is 0.719. The molecule has 0 aromatic rings. The van der Waals surface area contributed by atoms with Crippen LogP contribution in [0.5, 0.6) is 0 Å². The average Bonchev–Trinajstić information content (AvgIpc) is 1.84. The van der Waals surface area contributed by atoms with Crippen LogP contribution < -0.4 is 5.73 Å². The van der Waals surface area contributed by atoms with Gasteiger partial charge in [0, 0.05) is 6.42 Å². The van der Waals surface area contributed by atoms with Crippen molar-refractivity contribution < 1.29 is 13.9 Å². The van der Waals surface area contributed by atoms with Gasteiger partial charge in [-0.3, -0.25) is 4.79 Å². The van der Waals surface area contributed by atoms with Crippen LogP contribution in [0.25, 0.3) is 0 Å². The molecule has 0 saturated heterocycles. The predicted octanol–water partition coefficient (Wildman–Crippen LogP) is 1.44. The largest absolute Gasteiger partial charge is 0.465 e. The highest BCUT2D eigenvalue weighted by Crippen LogP contribution is 2.15. The molecule has 0 unspecified atom stereocenters. The van der Waals surface area contributed by atoms with Crippen molar-refractivity contribution in [3.05, 3.63) is 0 Å². The van der Waals surface area contributed by atoms with Crippen molar-refractivity contribution in [2.75, 3.05) is 6.61 Å². The van der Waals surface area contributed by atoms with Crippen molar-refractivity contribution in [1.29, 1.82) is 0 Å². The Morgan fingerprint density at radius 1 is 1.62 bits per heavy atom. The second kappa shape index (κ2) is 6.16. The Balaban J connectivity index is 0. The van der Waals surface area contributed by atoms with E-state index in [1.165, 1.54) is 13.8 Å². The molecule has 0 aromatic carbocycles. The van der Waals surface area contributed by atoms with Gasteiger partial charge in [0.2, 0.25) is 0 Å². The van der Waals surface area contributed by atoms with E-state index in [0.29, 0.717) is 0 Å². The number of rotatable bonds is 4. The Kier molecular flexibility index (Phi) is 7.17. The highest BCUT2D eigenvalue weighted by Gasteiger charge is 2.25. The van der Waals surface area contributed by atoms with Gasteiger partial charge in [0.05, 0.1) is 6.61 Å². The molecule has 0 radical (unpaired) electrons. The molecule has 0 amide bonds. The van der Waals surface area contributed by atoms with Gasteiger partial charge in [-0.2, -0.15) is 0 Å². The summed E-state index contributed by atoms with van der Waals surface area (Å²) in [7, 11) is 0. The molecule has 0 fully saturated rings. The number of esters is 1. The van der Waals surface area contributed by atoms with Crippen LogP contribution >= 0.6 is 12.4 Å². The molecule has 3 nitrogen and oxygen atoms in total. The van der Waals surface area contributed by atoms with Crippen molar-refractivity contribution in [2.24, 2.45) is 5.73 Å². The zero-order valence-electron chi connectivity index (χ0n) is 8.17. The van der Waals surface area contributed by atoms with E-state index in [1.807, 2.05) is 0 Å². The summed E-state index contributed by atoms with van der Waals surface area (Å²) in [5.74, 6) is -0.539. The van der Waals surface area contributed by atoms with Crippen LogP contribution in [-0.4, -0.2) is 24.3 Å². The third kappa shape index (κ3) is 7.99. The van der Waals surface area contributed by atoms with Gasteiger partial charge in [0.15, 0.2) is 0 Å². The Hall–Kier alpha value is -0.350. The van der Waals surface area contributed by atoms with Crippen molar-refractivity contribution in [3.63, 3.8) is 0 Å². The molecule has 0 aliphatic heterocycles. The standard InChI is InChI=1S/C8H16FNO2.ClH/c1-4-12-7(11)6(10)5-8(2,3)9;/h6H,4-5,10H2,1-3H3;1H/t6-;/m1./s1. The van der Waals surface area contributed by atoms with Crippen molar-refractivity contribution in [3.8, 4) is 0 Å². The highest BCUT2D eigenvalue weighted by molar-refractivity contribution is 5.85. The molecule has 5 heteroatoms. The predicted molar refractivity (Wildman–Crippen MR) is 51.7 cm³/mol. The number of nitrogens with two attached hydrogens (primary N) is 1. The van der Waals surface area contributed by atoms with E-state index in [1.54, 1.807) is 6.92 Å². The maximum atomic E-state index is 13.0. The molecule has 13 heavy (non-hydrogen) atoms. The molecule has 0 saturated carbocycles. The SMILES string of the molecule is CCOC(=O)[C@H](N)CC(C)(C)F.Cl. The fourth-order valence-electron chi connectivity index (χ4n) is 0.856. The maximum Gasteiger partial charge on any atom is 0.323 e. The fraction of sp³-hybridized carbons (Fsp3) is 0.875. The molecule has 80 valence electrons. The molecule has 0 spiro atoms. The third-order valence-electron chi connectivity index (χ3n) is 1.29. The zero-order chi connectivity index (χ0) is 9.78. The zero-order valence-corrected chi connectivity index (χ0v) is 8.99. The Morgan fingerprint density at radius 2 is 2.08 bits per heavy atom. The summed E-state index contributed by atoms with van der Waals surface area (Å²) >= 11 is 0. The second-order valence-corrected chi connectivity index (χ2v) is 3.28. The second-order valence-electron chi connectivity index (χ2n) is 3.28. The van der Waals surface area contributed by atoms with Crippen LogP contribution in [0, 0.1) is 0 Å². The third-order valence-corrected chi connectivity index (χ3v) is 1.29. The summed E-state index contributed by atoms with van der Waals surface area (Å²) in [6.45, 7) is 4.72. The van der Waals surface area contributed by atoms with Gasteiger partial charge >= 0.3 is 5.97 Å². The molecule has 0 rings (SSSR count). The van der Waals surface area contributed by atoms with Crippen LogP contribution in [0.15, 0.2) is 0 Å². The Labute approximate surface area is 84.2 Å². The van der Waals surface area contributed by atoms with Gasteiger partial charge in [-0.25, -0.2) is 4.39 Å². The van der Waals surface area contributed by atoms with E-state index in [9.17, 15) is 9.18 Å². The normalized spacial score (nSPS) is 13.0. The molecule has 1 atom stereocenters. The molecule has 0 bridgehead atoms. The smallest absolute Gasteiger partial charge is 0.323 e. The first-order valence-electron chi connectivity index (χ1n) is 3.98. The van der Waals surface area contributed by atoms with Crippen molar-refractivity contribution in [2.45, 2.75) is 38.9 Å². The molecular weight excluding hydrogens is 197 g/mol. The maximum absolute atomic E-state index is 13.0. The molecule has 0 aromatic heterocycles. The summed E-state index contributed by atoms with van der Waals surface area (Å²) in [6.07, 6.45) is -0.00810. The lowest BCUT2D eigenvalue weighted by Gasteiger charge is -2.17. The van der Waals surface area contributed by atoms with Crippen molar-refractivity contribution >= 4 is 18.4 Å². The molecule has 0 aliphatic carbocycles. The fourth-order valence-corrected chi connectivity index (χ4v) is 0.856. The minimum Gasteiger partial charge on any atom is -0.465 e. The van der Waals surface area contributed by atoms with E-state index in [-0.39, 0.29) is 25.4 Å². The van der Waals surface area contributed by atoms with E-state index in [2.05, 4.69) is 4.74 Å². The summed E-state index contributed by atoms with van der Waals surface area (Å²) in [6, 6.07) is -0.857. The van der Waals surface area contributed by atoms with E-state index >= 15 is 0 Å². The lowest BCUT2D eigenvalue weighted by Crippen LogP contribution is -2.37. The van der Waals surface area contributed by atoms with Crippen LogP contribution in [0.4, 0.5) is 4.39 Å². The van der Waals surface area contributed by atoms with E-state index in [4.69, 9.17) is 5.73 Å². The highest BCUT2D eigenvalue weighted by atomic mass is 35.5. The Morgan fingerprint density at radius 3 is 2.38 bits per heavy atom. The Bertz CT molecular complexity index is 159. The molecule has 0 aliphatic rings. The number of hydrogen-bond acceptors (Lipinski definition) is 3. The van der Waals surface area contributed by atoms with Gasteiger partial charge in [0.1, 0.15) is 11.7 Å². The van der Waals surface area contributed by atoms with Crippen LogP contribution in [0.3, 0.4) is 0 Å². The van der Waals surface area contributed by atoms with E-state index in [0.717, 1.165) is 0 Å². The summed E-state index contributed by atoms with van der Waals surface area (Å²) in [4.78, 5) is 10.9. The first-order chi connectivity index (χ1) is 5.37. The number of carbonyl (C=O) groups excluding carboxylic acids is 1. The van der Waals surface area contributed by atoms with E-state index < -0.39 is 17.7 Å². The lowest BCUT2D eigenvalue weighted by molar-refractivity contribution is -0.145. The minimum atomic E-state index is -1.42. The van der Waals surface area contributed by atoms with Crippen LogP contribution in [-0.2, 0) is 9.53 Å².